The van der Waals surface area contributed by atoms with Gasteiger partial charge in [-0.15, -0.1) is 5.10 Å². The van der Waals surface area contributed by atoms with Crippen molar-refractivity contribution in [1.29, 1.82) is 0 Å². The predicted octanol–water partition coefficient (Wildman–Crippen LogP) is 2.19. The third kappa shape index (κ3) is 3.77. The average Bonchev–Trinajstić information content (AvgIpc) is 3.05. The maximum Gasteiger partial charge on any atom is 0.346 e. The van der Waals surface area contributed by atoms with Gasteiger partial charge < -0.3 is 9.73 Å². The van der Waals surface area contributed by atoms with E-state index >= 15 is 0 Å². The van der Waals surface area contributed by atoms with Gasteiger partial charge in [0.25, 0.3) is 0 Å². The first-order chi connectivity index (χ1) is 11.3. The number of nitrogens with one attached hydrogen (secondary N) is 1. The van der Waals surface area contributed by atoms with Crippen molar-refractivity contribution in [2.75, 3.05) is 6.54 Å². The summed E-state index contributed by atoms with van der Waals surface area (Å²) in [6.07, 6.45) is 4.00. The minimum atomic E-state index is -0.144. The van der Waals surface area contributed by atoms with Crippen LogP contribution >= 0.6 is 0 Å². The molecule has 1 amide bonds. The van der Waals surface area contributed by atoms with Crippen LogP contribution < -0.4 is 11.0 Å². The molecule has 3 rings (SSSR count). The van der Waals surface area contributed by atoms with Gasteiger partial charge in [-0.1, -0.05) is 20.8 Å². The highest BCUT2D eigenvalue weighted by molar-refractivity contribution is 5.76. The normalized spacial score (nSPS) is 14.8. The summed E-state index contributed by atoms with van der Waals surface area (Å²) in [6, 6.07) is 3.79. The molecule has 130 valence electrons. The molecule has 2 aromatic rings. The van der Waals surface area contributed by atoms with Gasteiger partial charge in [0.05, 0.1) is 12.8 Å². The molecule has 2 heterocycles. The van der Waals surface area contributed by atoms with Gasteiger partial charge in [0.15, 0.2) is 5.76 Å². The molecule has 1 saturated carbocycles. The SMILES string of the molecule is CC(C)(C)CC(=O)NCCn1nc(-c2ccco2)n(C2CC2)c1=O. The predicted molar refractivity (Wildman–Crippen MR) is 89.5 cm³/mol. The van der Waals surface area contributed by atoms with E-state index in [4.69, 9.17) is 4.42 Å². The fourth-order valence-corrected chi connectivity index (χ4v) is 2.65. The Morgan fingerprint density at radius 3 is 2.75 bits per heavy atom. The van der Waals surface area contributed by atoms with Crippen molar-refractivity contribution < 1.29 is 9.21 Å². The largest absolute Gasteiger partial charge is 0.461 e. The number of nitrogens with zero attached hydrogens (tertiary/aromatic N) is 3. The molecule has 7 heteroatoms. The molecule has 2 aromatic heterocycles. The zero-order valence-corrected chi connectivity index (χ0v) is 14.4. The molecule has 0 unspecified atom stereocenters. The molecule has 0 aliphatic heterocycles. The standard InChI is InChI=1S/C17H24N4O3/c1-17(2,3)11-14(22)18-8-9-20-16(23)21(12-6-7-12)15(19-20)13-5-4-10-24-13/h4-5,10,12H,6-9,11H2,1-3H3,(H,18,22). The van der Waals surface area contributed by atoms with E-state index in [-0.39, 0.29) is 23.1 Å². The summed E-state index contributed by atoms with van der Waals surface area (Å²) < 4.78 is 8.51. The lowest BCUT2D eigenvalue weighted by atomic mass is 9.92. The Balaban J connectivity index is 1.70. The van der Waals surface area contributed by atoms with E-state index in [9.17, 15) is 9.59 Å². The number of hydrogen-bond acceptors (Lipinski definition) is 4. The van der Waals surface area contributed by atoms with Gasteiger partial charge in [0.2, 0.25) is 11.7 Å². The number of rotatable bonds is 6. The van der Waals surface area contributed by atoms with Gasteiger partial charge >= 0.3 is 5.69 Å². The average molecular weight is 332 g/mol. The van der Waals surface area contributed by atoms with Crippen molar-refractivity contribution >= 4 is 5.91 Å². The zero-order chi connectivity index (χ0) is 17.3. The summed E-state index contributed by atoms with van der Waals surface area (Å²) in [5, 5.41) is 7.26. The van der Waals surface area contributed by atoms with Crippen LogP contribution in [0.2, 0.25) is 0 Å². The maximum atomic E-state index is 12.6. The van der Waals surface area contributed by atoms with E-state index in [2.05, 4.69) is 10.4 Å². The molecule has 1 aliphatic carbocycles. The van der Waals surface area contributed by atoms with E-state index in [0.717, 1.165) is 12.8 Å². The van der Waals surface area contributed by atoms with Crippen LogP contribution in [-0.2, 0) is 11.3 Å². The lowest BCUT2D eigenvalue weighted by molar-refractivity contribution is -0.122. The molecular weight excluding hydrogens is 308 g/mol. The second-order valence-electron chi connectivity index (χ2n) is 7.50. The van der Waals surface area contributed by atoms with Gasteiger partial charge in [0.1, 0.15) is 0 Å². The Morgan fingerprint density at radius 1 is 1.42 bits per heavy atom. The lowest BCUT2D eigenvalue weighted by Crippen LogP contribution is -2.33. The van der Waals surface area contributed by atoms with Crippen LogP contribution in [0, 0.1) is 5.41 Å². The van der Waals surface area contributed by atoms with Crippen molar-refractivity contribution in [1.82, 2.24) is 19.7 Å². The topological polar surface area (TPSA) is 82.1 Å². The molecule has 1 fully saturated rings. The van der Waals surface area contributed by atoms with E-state index in [0.29, 0.717) is 31.1 Å². The highest BCUT2D eigenvalue weighted by Crippen LogP contribution is 2.36. The van der Waals surface area contributed by atoms with Crippen LogP contribution in [0.1, 0.15) is 46.1 Å². The highest BCUT2D eigenvalue weighted by atomic mass is 16.3. The molecule has 24 heavy (non-hydrogen) atoms. The van der Waals surface area contributed by atoms with Crippen molar-refractivity contribution in [3.63, 3.8) is 0 Å². The quantitative estimate of drug-likeness (QED) is 0.879. The number of carbonyl (C=O) groups is 1. The molecular formula is C17H24N4O3. The van der Waals surface area contributed by atoms with Crippen LogP contribution in [0.4, 0.5) is 0 Å². The molecule has 1 aliphatic rings. The third-order valence-corrected chi connectivity index (χ3v) is 3.86. The first kappa shape index (κ1) is 16.5. The molecule has 0 radical (unpaired) electrons. The Morgan fingerprint density at radius 2 is 2.17 bits per heavy atom. The Hall–Kier alpha value is -2.31. The maximum absolute atomic E-state index is 12.6. The lowest BCUT2D eigenvalue weighted by Gasteiger charge is -2.17. The minimum absolute atomic E-state index is 0.0107. The third-order valence-electron chi connectivity index (χ3n) is 3.86. The second-order valence-corrected chi connectivity index (χ2v) is 7.50. The van der Waals surface area contributed by atoms with E-state index in [1.165, 1.54) is 4.68 Å². The fraction of sp³-hybridized carbons (Fsp3) is 0.588. The molecule has 0 spiro atoms. The van der Waals surface area contributed by atoms with Crippen molar-refractivity contribution in [2.45, 2.75) is 52.6 Å². The van der Waals surface area contributed by atoms with E-state index < -0.39 is 0 Å². The first-order valence-electron chi connectivity index (χ1n) is 8.35. The second kappa shape index (κ2) is 6.30. The molecule has 1 N–H and O–H groups in total. The first-order valence-corrected chi connectivity index (χ1v) is 8.35. The molecule has 0 aromatic carbocycles. The minimum Gasteiger partial charge on any atom is -0.461 e. The Kier molecular flexibility index (Phi) is 4.34. The van der Waals surface area contributed by atoms with Gasteiger partial charge in [-0.2, -0.15) is 0 Å². The number of carbonyl (C=O) groups excluding carboxylic acids is 1. The molecule has 7 nitrogen and oxygen atoms in total. The summed E-state index contributed by atoms with van der Waals surface area (Å²) in [7, 11) is 0. The number of hydrogen-bond donors (Lipinski definition) is 1. The number of amides is 1. The number of furan rings is 1. The summed E-state index contributed by atoms with van der Waals surface area (Å²) in [5.74, 6) is 1.14. The summed E-state index contributed by atoms with van der Waals surface area (Å²) >= 11 is 0. The summed E-state index contributed by atoms with van der Waals surface area (Å²) in [5.41, 5.74) is -0.199. The van der Waals surface area contributed by atoms with Gasteiger partial charge in [-0.3, -0.25) is 9.36 Å². The van der Waals surface area contributed by atoms with Crippen LogP contribution in [-0.4, -0.2) is 26.8 Å². The van der Waals surface area contributed by atoms with Gasteiger partial charge in [-0.25, -0.2) is 9.48 Å². The van der Waals surface area contributed by atoms with Crippen molar-refractivity contribution in [3.05, 3.63) is 28.9 Å². The summed E-state index contributed by atoms with van der Waals surface area (Å²) in [4.78, 5) is 24.5. The van der Waals surface area contributed by atoms with Crippen LogP contribution in [0.15, 0.2) is 27.6 Å². The smallest absolute Gasteiger partial charge is 0.346 e. The van der Waals surface area contributed by atoms with Crippen molar-refractivity contribution in [2.24, 2.45) is 5.41 Å². The Bertz CT molecular complexity index is 761. The number of aromatic nitrogens is 3. The zero-order valence-electron chi connectivity index (χ0n) is 14.4. The summed E-state index contributed by atoms with van der Waals surface area (Å²) in [6.45, 7) is 6.79. The molecule has 0 saturated heterocycles. The van der Waals surface area contributed by atoms with Crippen LogP contribution in [0.3, 0.4) is 0 Å². The van der Waals surface area contributed by atoms with Crippen LogP contribution in [0.5, 0.6) is 0 Å². The highest BCUT2D eigenvalue weighted by Gasteiger charge is 2.31. The van der Waals surface area contributed by atoms with E-state index in [1.54, 1.807) is 23.0 Å². The van der Waals surface area contributed by atoms with Gasteiger partial charge in [0, 0.05) is 19.0 Å². The monoisotopic (exact) mass is 332 g/mol. The fourth-order valence-electron chi connectivity index (χ4n) is 2.65. The molecule has 0 atom stereocenters. The van der Waals surface area contributed by atoms with E-state index in [1.807, 2.05) is 20.8 Å². The van der Waals surface area contributed by atoms with Crippen LogP contribution in [0.25, 0.3) is 11.6 Å². The Labute approximate surface area is 140 Å². The van der Waals surface area contributed by atoms with Gasteiger partial charge in [-0.05, 0) is 30.4 Å². The van der Waals surface area contributed by atoms with Crippen molar-refractivity contribution in [3.8, 4) is 11.6 Å². The molecule has 0 bridgehead atoms.